The third kappa shape index (κ3) is 7.18. The Morgan fingerprint density at radius 3 is 2.33 bits per heavy atom. The number of carbonyl (C=O) groups excluding carboxylic acids is 1. The van der Waals surface area contributed by atoms with E-state index in [1.54, 1.807) is 0 Å². The third-order valence-corrected chi connectivity index (χ3v) is 5.29. The molecule has 0 bridgehead atoms. The quantitative estimate of drug-likeness (QED) is 0.294. The Bertz CT molecular complexity index is 857. The number of carboxylic acid groups (broad SMARTS) is 1. The molecule has 0 saturated heterocycles. The van der Waals surface area contributed by atoms with Gasteiger partial charge in [0.1, 0.15) is 0 Å². The zero-order chi connectivity index (χ0) is 21.8. The molecule has 0 heterocycles. The minimum atomic E-state index is -0.663. The van der Waals surface area contributed by atoms with Crippen molar-refractivity contribution in [3.05, 3.63) is 66.2 Å². The molecule has 4 nitrogen and oxygen atoms in total. The second-order valence-electron chi connectivity index (χ2n) is 7.62. The van der Waals surface area contributed by atoms with Gasteiger partial charge in [-0.25, -0.2) is 0 Å². The van der Waals surface area contributed by atoms with E-state index in [2.05, 4.69) is 37.0 Å². The minimum absolute atomic E-state index is 0.167. The Morgan fingerprint density at radius 2 is 1.63 bits per heavy atom. The van der Waals surface area contributed by atoms with Crippen LogP contribution in [0.25, 0.3) is 11.1 Å². The van der Waals surface area contributed by atoms with Crippen LogP contribution in [-0.2, 0) is 16.0 Å². The van der Waals surface area contributed by atoms with Gasteiger partial charge in [0.25, 0.3) is 0 Å². The predicted octanol–water partition coefficient (Wildman–Crippen LogP) is 6.59. The van der Waals surface area contributed by atoms with Crippen LogP contribution in [0.5, 0.6) is 0 Å². The van der Waals surface area contributed by atoms with E-state index in [1.165, 1.54) is 60.4 Å². The van der Waals surface area contributed by atoms with E-state index in [0.29, 0.717) is 6.42 Å². The molecule has 30 heavy (non-hydrogen) atoms. The average molecular weight is 408 g/mol. The molecule has 2 aromatic rings. The highest BCUT2D eigenvalue weighted by Crippen LogP contribution is 2.39. The Hall–Kier alpha value is -2.88. The fourth-order valence-corrected chi connectivity index (χ4v) is 3.69. The zero-order valence-electron chi connectivity index (χ0n) is 18.0. The molecule has 0 aromatic heterocycles. The van der Waals surface area contributed by atoms with Crippen LogP contribution in [0, 0.1) is 0 Å². The summed E-state index contributed by atoms with van der Waals surface area (Å²) < 4.78 is 0. The van der Waals surface area contributed by atoms with E-state index >= 15 is 0 Å². The Balaban J connectivity index is 0.000000235. The lowest BCUT2D eigenvalue weighted by atomic mass is 10.1. The summed E-state index contributed by atoms with van der Waals surface area (Å²) in [6, 6.07) is 14.4. The lowest BCUT2D eigenvalue weighted by molar-refractivity contribution is -0.137. The highest BCUT2D eigenvalue weighted by Gasteiger charge is 2.20. The predicted molar refractivity (Wildman–Crippen MR) is 124 cm³/mol. The Morgan fingerprint density at radius 1 is 0.967 bits per heavy atom. The van der Waals surface area contributed by atoms with Crippen LogP contribution >= 0.6 is 0 Å². The van der Waals surface area contributed by atoms with E-state index in [0.717, 1.165) is 24.9 Å². The van der Waals surface area contributed by atoms with Crippen molar-refractivity contribution in [2.45, 2.75) is 64.7 Å². The van der Waals surface area contributed by atoms with Crippen LogP contribution in [0.3, 0.4) is 0 Å². The zero-order valence-corrected chi connectivity index (χ0v) is 18.0. The summed E-state index contributed by atoms with van der Waals surface area (Å²) in [6.07, 6.45) is 10.8. The standard InChI is InChI=1S/C16H13NO.C10H20O2/c1-2-16(18)17-15-9-5-8-13-12-7-4-3-6-11(12)10-14(13)15;1-2-3-4-5-6-7-8-9-10(11)12/h2-9H,1,10H2,(H,17,18);2-9H2,1H3,(H,11,12). The Labute approximate surface area is 180 Å². The molecule has 0 saturated carbocycles. The normalized spacial score (nSPS) is 11.0. The number of benzene rings is 2. The number of hydrogen-bond acceptors (Lipinski definition) is 2. The number of nitrogens with one attached hydrogen (secondary N) is 1. The maximum absolute atomic E-state index is 11.4. The molecule has 2 aromatic carbocycles. The van der Waals surface area contributed by atoms with Crippen LogP contribution in [0.2, 0.25) is 0 Å². The van der Waals surface area contributed by atoms with Crippen LogP contribution in [0.15, 0.2) is 55.1 Å². The van der Waals surface area contributed by atoms with Gasteiger partial charge >= 0.3 is 5.97 Å². The molecule has 160 valence electrons. The van der Waals surface area contributed by atoms with Crippen molar-refractivity contribution in [1.29, 1.82) is 0 Å². The first kappa shape index (κ1) is 23.4. The SMILES string of the molecule is C=CC(=O)Nc1cccc2c1Cc1ccccc1-2.CCCCCCCCCC(=O)O. The summed E-state index contributed by atoms with van der Waals surface area (Å²) in [6.45, 7) is 5.68. The minimum Gasteiger partial charge on any atom is -0.481 e. The molecule has 2 N–H and O–H groups in total. The topological polar surface area (TPSA) is 66.4 Å². The number of carbonyl (C=O) groups is 2. The summed E-state index contributed by atoms with van der Waals surface area (Å²) in [5.74, 6) is -0.831. The summed E-state index contributed by atoms with van der Waals surface area (Å²) in [4.78, 5) is 21.6. The fraction of sp³-hybridized carbons (Fsp3) is 0.385. The Kier molecular flexibility index (Phi) is 9.85. The number of aliphatic carboxylic acids is 1. The highest BCUT2D eigenvalue weighted by atomic mass is 16.4. The van der Waals surface area contributed by atoms with Gasteiger partial charge in [0.15, 0.2) is 0 Å². The van der Waals surface area contributed by atoms with Crippen molar-refractivity contribution >= 4 is 17.6 Å². The molecule has 0 aliphatic heterocycles. The van der Waals surface area contributed by atoms with Gasteiger partial charge in [0, 0.05) is 18.5 Å². The van der Waals surface area contributed by atoms with Crippen LogP contribution < -0.4 is 5.32 Å². The summed E-state index contributed by atoms with van der Waals surface area (Å²) in [5, 5.41) is 11.2. The first-order valence-electron chi connectivity index (χ1n) is 10.9. The fourth-order valence-electron chi connectivity index (χ4n) is 3.69. The molecule has 0 unspecified atom stereocenters. The number of rotatable bonds is 10. The van der Waals surface area contributed by atoms with Gasteiger partial charge in [-0.15, -0.1) is 0 Å². The number of anilines is 1. The van der Waals surface area contributed by atoms with E-state index < -0.39 is 5.97 Å². The average Bonchev–Trinajstić information content (AvgIpc) is 3.13. The second kappa shape index (κ2) is 12.6. The van der Waals surface area contributed by atoms with Crippen molar-refractivity contribution in [1.82, 2.24) is 0 Å². The van der Waals surface area contributed by atoms with Crippen molar-refractivity contribution in [3.8, 4) is 11.1 Å². The number of unbranched alkanes of at least 4 members (excludes halogenated alkanes) is 6. The van der Waals surface area contributed by atoms with Gasteiger partial charge in [-0.3, -0.25) is 9.59 Å². The molecule has 0 atom stereocenters. The van der Waals surface area contributed by atoms with Crippen molar-refractivity contribution in [3.63, 3.8) is 0 Å². The number of hydrogen-bond donors (Lipinski definition) is 2. The lowest BCUT2D eigenvalue weighted by Gasteiger charge is -2.08. The van der Waals surface area contributed by atoms with Gasteiger partial charge in [-0.05, 0) is 40.8 Å². The van der Waals surface area contributed by atoms with Crippen molar-refractivity contribution in [2.24, 2.45) is 0 Å². The summed E-state index contributed by atoms with van der Waals surface area (Å²) in [7, 11) is 0. The molecule has 1 amide bonds. The molecule has 3 rings (SSSR count). The largest absolute Gasteiger partial charge is 0.481 e. The monoisotopic (exact) mass is 407 g/mol. The summed E-state index contributed by atoms with van der Waals surface area (Å²) >= 11 is 0. The highest BCUT2D eigenvalue weighted by molar-refractivity contribution is 6.00. The number of fused-ring (bicyclic) bond motifs is 3. The maximum atomic E-state index is 11.4. The van der Waals surface area contributed by atoms with E-state index in [-0.39, 0.29) is 5.91 Å². The first-order valence-corrected chi connectivity index (χ1v) is 10.9. The van der Waals surface area contributed by atoms with Gasteiger partial charge in [0.2, 0.25) is 5.91 Å². The van der Waals surface area contributed by atoms with Crippen molar-refractivity contribution < 1.29 is 14.7 Å². The van der Waals surface area contributed by atoms with Gasteiger partial charge in [-0.2, -0.15) is 0 Å². The first-order chi connectivity index (χ1) is 14.6. The smallest absolute Gasteiger partial charge is 0.303 e. The van der Waals surface area contributed by atoms with Crippen LogP contribution in [0.1, 0.15) is 69.4 Å². The molecule has 4 heteroatoms. The van der Waals surface area contributed by atoms with Gasteiger partial charge in [-0.1, -0.05) is 88.4 Å². The van der Waals surface area contributed by atoms with Crippen LogP contribution in [-0.4, -0.2) is 17.0 Å². The molecular formula is C26H33NO3. The molecule has 0 fully saturated rings. The van der Waals surface area contributed by atoms with E-state index in [4.69, 9.17) is 5.11 Å². The maximum Gasteiger partial charge on any atom is 0.303 e. The van der Waals surface area contributed by atoms with Crippen molar-refractivity contribution in [2.75, 3.05) is 5.32 Å². The lowest BCUT2D eigenvalue weighted by Crippen LogP contribution is -2.09. The molecule has 0 radical (unpaired) electrons. The van der Waals surface area contributed by atoms with Crippen LogP contribution in [0.4, 0.5) is 5.69 Å². The third-order valence-electron chi connectivity index (χ3n) is 5.29. The van der Waals surface area contributed by atoms with Gasteiger partial charge in [0.05, 0.1) is 0 Å². The number of amides is 1. The molecule has 1 aliphatic rings. The van der Waals surface area contributed by atoms with Gasteiger partial charge < -0.3 is 10.4 Å². The molecular weight excluding hydrogens is 374 g/mol. The molecule has 1 aliphatic carbocycles. The second-order valence-corrected chi connectivity index (χ2v) is 7.62. The van der Waals surface area contributed by atoms with E-state index in [9.17, 15) is 9.59 Å². The summed E-state index contributed by atoms with van der Waals surface area (Å²) in [5.41, 5.74) is 5.87. The molecule has 0 spiro atoms. The van der Waals surface area contributed by atoms with E-state index in [1.807, 2.05) is 24.3 Å². The number of carboxylic acids is 1.